The van der Waals surface area contributed by atoms with Crippen LogP contribution >= 0.6 is 0 Å². The van der Waals surface area contributed by atoms with Gasteiger partial charge in [0, 0.05) is 26.1 Å². The molecule has 0 aromatic carbocycles. The maximum absolute atomic E-state index is 12.3. The van der Waals surface area contributed by atoms with Crippen LogP contribution in [0.5, 0.6) is 0 Å². The number of aromatic nitrogens is 3. The summed E-state index contributed by atoms with van der Waals surface area (Å²) >= 11 is 0. The monoisotopic (exact) mass is 251 g/mol. The predicted molar refractivity (Wildman–Crippen MR) is 68.4 cm³/mol. The van der Waals surface area contributed by atoms with Crippen LogP contribution in [0.15, 0.2) is 0 Å². The molecule has 100 valence electrons. The summed E-state index contributed by atoms with van der Waals surface area (Å²) in [6.45, 7) is 6.67. The highest BCUT2D eigenvalue weighted by atomic mass is 16.2. The largest absolute Gasteiger partial charge is 0.330 e. The molecule has 1 aromatic rings. The van der Waals surface area contributed by atoms with E-state index in [-0.39, 0.29) is 5.91 Å². The number of aryl methyl sites for hydroxylation is 1. The van der Waals surface area contributed by atoms with Gasteiger partial charge >= 0.3 is 0 Å². The standard InChI is InChI=1S/C12H21N5O/c1-3-5-10-14-11(16-15-10)12(18)17(6-4-2)9-7-13-8-9/h9,13H,3-8H2,1-2H3,(H,14,15,16). The summed E-state index contributed by atoms with van der Waals surface area (Å²) in [5.74, 6) is 1.05. The van der Waals surface area contributed by atoms with Crippen LogP contribution in [0, 0.1) is 0 Å². The smallest absolute Gasteiger partial charge is 0.293 e. The number of carbonyl (C=O) groups excluding carboxylic acids is 1. The lowest BCUT2D eigenvalue weighted by molar-refractivity contribution is 0.0603. The zero-order valence-electron chi connectivity index (χ0n) is 11.1. The molecule has 1 aliphatic rings. The Kier molecular flexibility index (Phi) is 4.30. The first-order chi connectivity index (χ1) is 8.76. The molecule has 0 aliphatic carbocycles. The highest BCUT2D eigenvalue weighted by Crippen LogP contribution is 2.10. The van der Waals surface area contributed by atoms with Crippen LogP contribution in [0.25, 0.3) is 0 Å². The summed E-state index contributed by atoms with van der Waals surface area (Å²) in [6.07, 6.45) is 2.78. The molecule has 1 amide bonds. The topological polar surface area (TPSA) is 73.9 Å². The van der Waals surface area contributed by atoms with Gasteiger partial charge in [-0.1, -0.05) is 13.8 Å². The molecule has 2 rings (SSSR count). The summed E-state index contributed by atoms with van der Waals surface area (Å²) in [4.78, 5) is 18.5. The number of H-pyrrole nitrogens is 1. The number of nitrogens with zero attached hydrogens (tertiary/aromatic N) is 3. The highest BCUT2D eigenvalue weighted by molar-refractivity contribution is 5.90. The van der Waals surface area contributed by atoms with Crippen molar-refractivity contribution in [2.45, 2.75) is 39.2 Å². The molecule has 1 aliphatic heterocycles. The van der Waals surface area contributed by atoms with Gasteiger partial charge in [0.1, 0.15) is 5.82 Å². The molecule has 0 bridgehead atoms. The van der Waals surface area contributed by atoms with Gasteiger partial charge in [-0.3, -0.25) is 9.89 Å². The van der Waals surface area contributed by atoms with Crippen LogP contribution < -0.4 is 5.32 Å². The first-order valence-electron chi connectivity index (χ1n) is 6.69. The van der Waals surface area contributed by atoms with E-state index in [0.29, 0.717) is 11.9 Å². The first-order valence-corrected chi connectivity index (χ1v) is 6.69. The van der Waals surface area contributed by atoms with Crippen molar-refractivity contribution in [3.63, 3.8) is 0 Å². The number of aromatic amines is 1. The molecule has 2 heterocycles. The van der Waals surface area contributed by atoms with Gasteiger partial charge in [-0.05, 0) is 12.8 Å². The number of carbonyl (C=O) groups is 1. The Labute approximate surface area is 107 Å². The molecule has 6 nitrogen and oxygen atoms in total. The van der Waals surface area contributed by atoms with Crippen LogP contribution in [0.4, 0.5) is 0 Å². The van der Waals surface area contributed by atoms with E-state index in [0.717, 1.165) is 44.7 Å². The number of amides is 1. The maximum atomic E-state index is 12.3. The third-order valence-electron chi connectivity index (χ3n) is 3.14. The Bertz CT molecular complexity index is 399. The quantitative estimate of drug-likeness (QED) is 0.775. The van der Waals surface area contributed by atoms with Gasteiger partial charge in [-0.15, -0.1) is 5.10 Å². The molecule has 1 fully saturated rings. The molecule has 0 radical (unpaired) electrons. The fourth-order valence-corrected chi connectivity index (χ4v) is 2.05. The molecule has 1 saturated heterocycles. The Morgan fingerprint density at radius 2 is 2.17 bits per heavy atom. The second-order valence-electron chi connectivity index (χ2n) is 4.67. The van der Waals surface area contributed by atoms with Gasteiger partial charge in [0.25, 0.3) is 5.91 Å². The van der Waals surface area contributed by atoms with Crippen molar-refractivity contribution >= 4 is 5.91 Å². The van der Waals surface area contributed by atoms with Crippen LogP contribution in [0.1, 0.15) is 43.1 Å². The molecule has 2 N–H and O–H groups in total. The number of hydrogen-bond acceptors (Lipinski definition) is 4. The lowest BCUT2D eigenvalue weighted by atomic mass is 10.1. The van der Waals surface area contributed by atoms with Crippen LogP contribution in [0.3, 0.4) is 0 Å². The van der Waals surface area contributed by atoms with Crippen molar-refractivity contribution in [1.82, 2.24) is 25.4 Å². The summed E-state index contributed by atoms with van der Waals surface area (Å²) in [6, 6.07) is 0.297. The van der Waals surface area contributed by atoms with Crippen molar-refractivity contribution in [2.75, 3.05) is 19.6 Å². The molecule has 1 aromatic heterocycles. The highest BCUT2D eigenvalue weighted by Gasteiger charge is 2.30. The first kappa shape index (κ1) is 13.0. The second-order valence-corrected chi connectivity index (χ2v) is 4.67. The summed E-state index contributed by atoms with van der Waals surface area (Å²) in [5, 5.41) is 10.1. The minimum Gasteiger partial charge on any atom is -0.330 e. The predicted octanol–water partition coefficient (Wildman–Crippen LogP) is 0.581. The molecule has 0 unspecified atom stereocenters. The number of rotatable bonds is 6. The molecule has 0 spiro atoms. The Balaban J connectivity index is 2.06. The maximum Gasteiger partial charge on any atom is 0.293 e. The third kappa shape index (κ3) is 2.69. The SMILES string of the molecule is CCCc1nc(C(=O)N(CCC)C2CNC2)n[nH]1. The van der Waals surface area contributed by atoms with Crippen molar-refractivity contribution in [1.29, 1.82) is 0 Å². The van der Waals surface area contributed by atoms with Crippen molar-refractivity contribution in [3.8, 4) is 0 Å². The van der Waals surface area contributed by atoms with Gasteiger partial charge in [0.15, 0.2) is 0 Å². The van der Waals surface area contributed by atoms with E-state index in [2.05, 4.69) is 34.3 Å². The molecule has 18 heavy (non-hydrogen) atoms. The van der Waals surface area contributed by atoms with E-state index >= 15 is 0 Å². The van der Waals surface area contributed by atoms with Crippen molar-refractivity contribution in [3.05, 3.63) is 11.6 Å². The minimum absolute atomic E-state index is 0.0537. The second kappa shape index (κ2) is 5.95. The average Bonchev–Trinajstić information content (AvgIpc) is 2.74. The molecular weight excluding hydrogens is 230 g/mol. The molecule has 0 atom stereocenters. The Hall–Kier alpha value is -1.43. The summed E-state index contributed by atoms with van der Waals surface area (Å²) in [5.41, 5.74) is 0. The third-order valence-corrected chi connectivity index (χ3v) is 3.14. The van der Waals surface area contributed by atoms with Gasteiger partial charge in [0.2, 0.25) is 5.82 Å². The summed E-state index contributed by atoms with van der Waals surface area (Å²) < 4.78 is 0. The van der Waals surface area contributed by atoms with Crippen LogP contribution in [-0.2, 0) is 6.42 Å². The van der Waals surface area contributed by atoms with Gasteiger partial charge in [-0.25, -0.2) is 4.98 Å². The van der Waals surface area contributed by atoms with Gasteiger partial charge in [0.05, 0.1) is 6.04 Å². The lowest BCUT2D eigenvalue weighted by Crippen LogP contribution is -2.59. The van der Waals surface area contributed by atoms with Gasteiger partial charge in [-0.2, -0.15) is 0 Å². The zero-order valence-corrected chi connectivity index (χ0v) is 11.1. The zero-order chi connectivity index (χ0) is 13.0. The van der Waals surface area contributed by atoms with E-state index in [1.54, 1.807) is 0 Å². The number of nitrogens with one attached hydrogen (secondary N) is 2. The normalized spacial score (nSPS) is 15.4. The summed E-state index contributed by atoms with van der Waals surface area (Å²) in [7, 11) is 0. The molecule has 0 saturated carbocycles. The fraction of sp³-hybridized carbons (Fsp3) is 0.750. The molecule has 6 heteroatoms. The average molecular weight is 251 g/mol. The minimum atomic E-state index is -0.0537. The van der Waals surface area contributed by atoms with Crippen molar-refractivity contribution < 1.29 is 4.79 Å². The van der Waals surface area contributed by atoms with E-state index in [9.17, 15) is 4.79 Å². The number of hydrogen-bond donors (Lipinski definition) is 2. The van der Waals surface area contributed by atoms with E-state index in [4.69, 9.17) is 0 Å². The lowest BCUT2D eigenvalue weighted by Gasteiger charge is -2.37. The van der Waals surface area contributed by atoms with E-state index in [1.165, 1.54) is 0 Å². The Morgan fingerprint density at radius 1 is 1.39 bits per heavy atom. The van der Waals surface area contributed by atoms with E-state index < -0.39 is 0 Å². The molecular formula is C12H21N5O. The Morgan fingerprint density at radius 3 is 2.72 bits per heavy atom. The fourth-order valence-electron chi connectivity index (χ4n) is 2.05. The van der Waals surface area contributed by atoms with Crippen molar-refractivity contribution in [2.24, 2.45) is 0 Å². The van der Waals surface area contributed by atoms with Crippen LogP contribution in [-0.4, -0.2) is 51.7 Å². The van der Waals surface area contributed by atoms with E-state index in [1.807, 2.05) is 4.90 Å². The van der Waals surface area contributed by atoms with Crippen LogP contribution in [0.2, 0.25) is 0 Å². The van der Waals surface area contributed by atoms with Gasteiger partial charge < -0.3 is 10.2 Å².